The summed E-state index contributed by atoms with van der Waals surface area (Å²) < 4.78 is 0. The molecule has 0 aliphatic rings. The van der Waals surface area contributed by atoms with Crippen LogP contribution in [0.5, 0.6) is 0 Å². The van der Waals surface area contributed by atoms with Crippen molar-refractivity contribution in [3.05, 3.63) is 0 Å². The summed E-state index contributed by atoms with van der Waals surface area (Å²) in [5.41, 5.74) is 1.45. The summed E-state index contributed by atoms with van der Waals surface area (Å²) in [6.45, 7) is 5.38. The van der Waals surface area contributed by atoms with E-state index in [4.69, 9.17) is 0 Å². The SMILES string of the molecule is CC(C)CC(=O)NCCNC=S. The maximum atomic E-state index is 11.0. The number of rotatable bonds is 6. The monoisotopic (exact) mass is 188 g/mol. The van der Waals surface area contributed by atoms with Crippen molar-refractivity contribution in [2.75, 3.05) is 13.1 Å². The van der Waals surface area contributed by atoms with E-state index in [0.717, 1.165) is 0 Å². The Kier molecular flexibility index (Phi) is 6.66. The fourth-order valence-electron chi connectivity index (χ4n) is 0.776. The van der Waals surface area contributed by atoms with Crippen molar-refractivity contribution in [3.8, 4) is 0 Å². The zero-order valence-corrected chi connectivity index (χ0v) is 8.41. The second kappa shape index (κ2) is 7.03. The van der Waals surface area contributed by atoms with Gasteiger partial charge in [0.15, 0.2) is 0 Å². The summed E-state index contributed by atoms with van der Waals surface area (Å²) >= 11 is 4.55. The van der Waals surface area contributed by atoms with E-state index in [1.54, 1.807) is 0 Å². The van der Waals surface area contributed by atoms with Gasteiger partial charge in [0.1, 0.15) is 0 Å². The van der Waals surface area contributed by atoms with Gasteiger partial charge in [0.05, 0.1) is 5.49 Å². The van der Waals surface area contributed by atoms with Crippen LogP contribution in [0.4, 0.5) is 0 Å². The molecule has 12 heavy (non-hydrogen) atoms. The molecule has 0 bridgehead atoms. The molecule has 0 fully saturated rings. The van der Waals surface area contributed by atoms with E-state index in [2.05, 4.69) is 22.9 Å². The van der Waals surface area contributed by atoms with Gasteiger partial charge in [-0.15, -0.1) is 0 Å². The highest BCUT2D eigenvalue weighted by Gasteiger charge is 2.02. The predicted molar refractivity (Wildman–Crippen MR) is 54.1 cm³/mol. The van der Waals surface area contributed by atoms with Crippen molar-refractivity contribution in [2.45, 2.75) is 20.3 Å². The van der Waals surface area contributed by atoms with Crippen LogP contribution in [0.2, 0.25) is 0 Å². The Morgan fingerprint density at radius 3 is 2.67 bits per heavy atom. The molecule has 1 amide bonds. The van der Waals surface area contributed by atoms with E-state index in [1.807, 2.05) is 13.8 Å². The largest absolute Gasteiger partial charge is 0.380 e. The van der Waals surface area contributed by atoms with Gasteiger partial charge in [-0.1, -0.05) is 26.1 Å². The lowest BCUT2D eigenvalue weighted by Crippen LogP contribution is -2.31. The fourth-order valence-corrected chi connectivity index (χ4v) is 0.894. The number of nitrogens with one attached hydrogen (secondary N) is 2. The second-order valence-electron chi connectivity index (χ2n) is 3.02. The number of amides is 1. The van der Waals surface area contributed by atoms with Gasteiger partial charge in [-0.3, -0.25) is 4.79 Å². The molecule has 0 spiro atoms. The average Bonchev–Trinajstić information content (AvgIpc) is 1.97. The molecule has 0 heterocycles. The van der Waals surface area contributed by atoms with Crippen LogP contribution in [-0.4, -0.2) is 24.5 Å². The summed E-state index contributed by atoms with van der Waals surface area (Å²) in [5.74, 6) is 0.527. The Balaban J connectivity index is 3.25. The third-order valence-electron chi connectivity index (χ3n) is 1.27. The first-order valence-corrected chi connectivity index (χ1v) is 4.57. The maximum absolute atomic E-state index is 11.0. The van der Waals surface area contributed by atoms with Crippen LogP contribution < -0.4 is 10.6 Å². The Bertz CT molecular complexity index is 148. The molecule has 0 atom stereocenters. The molecule has 0 aliphatic heterocycles. The number of carbonyl (C=O) groups excluding carboxylic acids is 1. The Morgan fingerprint density at radius 2 is 2.17 bits per heavy atom. The van der Waals surface area contributed by atoms with E-state index in [1.165, 1.54) is 5.49 Å². The Morgan fingerprint density at radius 1 is 1.50 bits per heavy atom. The molecule has 0 radical (unpaired) electrons. The molecule has 0 saturated carbocycles. The number of thiocarbonyl (C=S) groups is 1. The minimum atomic E-state index is 0.108. The van der Waals surface area contributed by atoms with Crippen molar-refractivity contribution in [1.29, 1.82) is 0 Å². The lowest BCUT2D eigenvalue weighted by atomic mass is 10.1. The summed E-state index contributed by atoms with van der Waals surface area (Å²) in [6.07, 6.45) is 0.595. The summed E-state index contributed by atoms with van der Waals surface area (Å²) in [7, 11) is 0. The van der Waals surface area contributed by atoms with Gasteiger partial charge in [0.25, 0.3) is 0 Å². The van der Waals surface area contributed by atoms with E-state index >= 15 is 0 Å². The van der Waals surface area contributed by atoms with Crippen LogP contribution in [0.15, 0.2) is 0 Å². The number of carbonyl (C=O) groups is 1. The summed E-state index contributed by atoms with van der Waals surface area (Å²) in [6, 6.07) is 0. The van der Waals surface area contributed by atoms with E-state index < -0.39 is 0 Å². The topological polar surface area (TPSA) is 41.1 Å². The van der Waals surface area contributed by atoms with Crippen LogP contribution >= 0.6 is 12.2 Å². The second-order valence-corrected chi connectivity index (χ2v) is 3.26. The van der Waals surface area contributed by atoms with Crippen molar-refractivity contribution < 1.29 is 4.79 Å². The van der Waals surface area contributed by atoms with Gasteiger partial charge in [0.2, 0.25) is 5.91 Å². The zero-order valence-electron chi connectivity index (χ0n) is 7.59. The molecule has 0 aromatic heterocycles. The molecular formula is C8H16N2OS. The van der Waals surface area contributed by atoms with Gasteiger partial charge in [-0.05, 0) is 5.92 Å². The van der Waals surface area contributed by atoms with E-state index in [0.29, 0.717) is 25.4 Å². The first-order chi connectivity index (χ1) is 5.66. The van der Waals surface area contributed by atoms with Crippen LogP contribution in [0, 0.1) is 5.92 Å². The average molecular weight is 188 g/mol. The molecule has 0 unspecified atom stereocenters. The molecule has 0 aromatic rings. The normalized spacial score (nSPS) is 9.58. The zero-order chi connectivity index (χ0) is 9.40. The van der Waals surface area contributed by atoms with Crippen molar-refractivity contribution in [1.82, 2.24) is 10.6 Å². The van der Waals surface area contributed by atoms with Crippen LogP contribution in [0.1, 0.15) is 20.3 Å². The lowest BCUT2D eigenvalue weighted by Gasteiger charge is -2.06. The minimum Gasteiger partial charge on any atom is -0.380 e. The molecule has 4 heteroatoms. The fraction of sp³-hybridized carbons (Fsp3) is 0.750. The molecule has 0 saturated heterocycles. The standard InChI is InChI=1S/C8H16N2OS/c1-7(2)5-8(11)10-4-3-9-6-12/h6-7H,3-5H2,1-2H3,(H,9,12)(H,10,11). The first kappa shape index (κ1) is 11.4. The predicted octanol–water partition coefficient (Wildman–Crippen LogP) is 0.696. The number of hydrogen-bond donors (Lipinski definition) is 2. The van der Waals surface area contributed by atoms with Gasteiger partial charge >= 0.3 is 0 Å². The molecule has 0 rings (SSSR count). The van der Waals surface area contributed by atoms with Crippen LogP contribution in [0.3, 0.4) is 0 Å². The maximum Gasteiger partial charge on any atom is 0.220 e. The highest BCUT2D eigenvalue weighted by molar-refractivity contribution is 7.78. The van der Waals surface area contributed by atoms with E-state index in [9.17, 15) is 4.79 Å². The molecule has 0 aliphatic carbocycles. The lowest BCUT2D eigenvalue weighted by molar-refractivity contribution is -0.121. The molecule has 3 nitrogen and oxygen atoms in total. The van der Waals surface area contributed by atoms with Crippen molar-refractivity contribution >= 4 is 23.6 Å². The van der Waals surface area contributed by atoms with Gasteiger partial charge in [-0.25, -0.2) is 0 Å². The van der Waals surface area contributed by atoms with Crippen molar-refractivity contribution in [2.24, 2.45) is 5.92 Å². The minimum absolute atomic E-state index is 0.108. The molecule has 70 valence electrons. The van der Waals surface area contributed by atoms with Gasteiger partial charge < -0.3 is 10.6 Å². The molecule has 2 N–H and O–H groups in total. The van der Waals surface area contributed by atoms with Crippen LogP contribution in [-0.2, 0) is 4.79 Å². The third kappa shape index (κ3) is 7.47. The summed E-state index contributed by atoms with van der Waals surface area (Å²) in [4.78, 5) is 11.0. The van der Waals surface area contributed by atoms with Crippen molar-refractivity contribution in [3.63, 3.8) is 0 Å². The summed E-state index contributed by atoms with van der Waals surface area (Å²) in [5, 5.41) is 5.61. The highest BCUT2D eigenvalue weighted by Crippen LogP contribution is 1.97. The first-order valence-electron chi connectivity index (χ1n) is 4.10. The molecule has 0 aromatic carbocycles. The van der Waals surface area contributed by atoms with Gasteiger partial charge in [0, 0.05) is 19.5 Å². The van der Waals surface area contributed by atoms with Crippen LogP contribution in [0.25, 0.3) is 0 Å². The molecular weight excluding hydrogens is 172 g/mol. The smallest absolute Gasteiger partial charge is 0.220 e. The Hall–Kier alpha value is -0.640. The Labute approximate surface area is 78.9 Å². The highest BCUT2D eigenvalue weighted by atomic mass is 32.1. The van der Waals surface area contributed by atoms with Gasteiger partial charge in [-0.2, -0.15) is 0 Å². The van der Waals surface area contributed by atoms with E-state index in [-0.39, 0.29) is 5.91 Å². The number of hydrogen-bond acceptors (Lipinski definition) is 2. The third-order valence-corrected chi connectivity index (χ3v) is 1.44. The quantitative estimate of drug-likeness (QED) is 0.476.